The Morgan fingerprint density at radius 2 is 2.10 bits per heavy atom. The number of nitrogens with zero attached hydrogens (tertiary/aromatic N) is 4. The van der Waals surface area contributed by atoms with Crippen LogP contribution in [0.2, 0.25) is 0 Å². The molecule has 1 unspecified atom stereocenters. The highest BCUT2D eigenvalue weighted by Gasteiger charge is 2.24. The van der Waals surface area contributed by atoms with Crippen LogP contribution in [0.15, 0.2) is 35.6 Å². The van der Waals surface area contributed by atoms with Crippen molar-refractivity contribution < 1.29 is 4.39 Å². The van der Waals surface area contributed by atoms with Crippen LogP contribution in [0, 0.1) is 41.3 Å². The third-order valence-electron chi connectivity index (χ3n) is 5.20. The molecule has 4 nitrogen and oxygen atoms in total. The van der Waals surface area contributed by atoms with E-state index in [1.165, 1.54) is 6.07 Å². The molecule has 2 aromatic rings. The first-order valence-corrected chi connectivity index (χ1v) is 11.2. The Kier molecular flexibility index (Phi) is 7.17. The molecule has 6 heteroatoms. The van der Waals surface area contributed by atoms with Gasteiger partial charge < -0.3 is 4.90 Å². The fourth-order valence-corrected chi connectivity index (χ4v) is 3.70. The molecule has 1 aliphatic heterocycles. The van der Waals surface area contributed by atoms with Crippen LogP contribution in [0.5, 0.6) is 0 Å². The summed E-state index contributed by atoms with van der Waals surface area (Å²) < 4.78 is 14.2. The van der Waals surface area contributed by atoms with Crippen LogP contribution >= 0.6 is 0 Å². The number of pyridine rings is 1. The zero-order valence-electron chi connectivity index (χ0n) is 18.5. The van der Waals surface area contributed by atoms with Gasteiger partial charge in [0.25, 0.3) is 0 Å². The van der Waals surface area contributed by atoms with Gasteiger partial charge >= 0.3 is 0 Å². The second-order valence-electron chi connectivity index (χ2n) is 8.43. The van der Waals surface area contributed by atoms with Crippen LogP contribution in [0.25, 0.3) is 0 Å². The van der Waals surface area contributed by atoms with Crippen molar-refractivity contribution in [2.24, 2.45) is 10.4 Å². The van der Waals surface area contributed by atoms with E-state index in [-0.39, 0.29) is 10.7 Å². The van der Waals surface area contributed by atoms with Gasteiger partial charge in [-0.1, -0.05) is 24.8 Å². The van der Waals surface area contributed by atoms with Gasteiger partial charge in [0, 0.05) is 23.9 Å². The molecule has 0 N–H and O–H groups in total. The summed E-state index contributed by atoms with van der Waals surface area (Å²) >= 11 is 2.70. The number of nitriles is 1. The van der Waals surface area contributed by atoms with Gasteiger partial charge in [-0.25, -0.2) is 4.39 Å². The predicted octanol–water partition coefficient (Wildman–Crippen LogP) is 4.53. The zero-order valence-corrected chi connectivity index (χ0v) is 19.7. The molecule has 1 atom stereocenters. The van der Waals surface area contributed by atoms with E-state index < -0.39 is 5.41 Å². The maximum absolute atomic E-state index is 14.2. The van der Waals surface area contributed by atoms with E-state index in [0.29, 0.717) is 0 Å². The van der Waals surface area contributed by atoms with Crippen LogP contribution in [-0.4, -0.2) is 38.6 Å². The van der Waals surface area contributed by atoms with E-state index in [4.69, 9.17) is 4.99 Å². The quantitative estimate of drug-likeness (QED) is 0.306. The molecule has 0 fully saturated rings. The summed E-state index contributed by atoms with van der Waals surface area (Å²) in [5.74, 6) is 6.72. The van der Waals surface area contributed by atoms with Gasteiger partial charge in [-0.15, -0.1) is 0 Å². The lowest BCUT2D eigenvalue weighted by atomic mass is 9.95. The van der Waals surface area contributed by atoms with Crippen LogP contribution in [0.4, 0.5) is 10.1 Å². The van der Waals surface area contributed by atoms with E-state index in [9.17, 15) is 9.65 Å². The highest BCUT2D eigenvalue weighted by atomic mass is 27.0. The van der Waals surface area contributed by atoms with E-state index in [2.05, 4.69) is 44.1 Å². The molecule has 3 rings (SSSR count). The molecule has 1 aliphatic rings. The lowest BCUT2D eigenvalue weighted by molar-refractivity contribution is 0.627. The smallest absolute Gasteiger partial charge is 0.162 e. The Morgan fingerprint density at radius 3 is 2.81 bits per heavy atom. The van der Waals surface area contributed by atoms with Crippen molar-refractivity contribution in [1.82, 2.24) is 4.98 Å². The Bertz CT molecular complexity index is 1100. The second-order valence-corrected chi connectivity index (χ2v) is 9.40. The van der Waals surface area contributed by atoms with Gasteiger partial charge in [0.15, 0.2) is 16.3 Å². The molecular weight excluding hydrogens is 402 g/mol. The molecule has 0 amide bonds. The number of rotatable bonds is 2. The van der Waals surface area contributed by atoms with Crippen LogP contribution < -0.4 is 4.90 Å². The number of halogens is 1. The first-order chi connectivity index (χ1) is 14.7. The fourth-order valence-electron chi connectivity index (χ4n) is 3.56. The van der Waals surface area contributed by atoms with E-state index in [1.807, 2.05) is 20.0 Å². The minimum absolute atomic E-state index is 0.0308. The Hall–Kier alpha value is -2.65. The molecule has 0 saturated carbocycles. The number of aliphatic imine (C=N–C) groups is 1. The van der Waals surface area contributed by atoms with Crippen LogP contribution in [0.3, 0.4) is 0 Å². The maximum Gasteiger partial charge on any atom is 0.162 e. The van der Waals surface area contributed by atoms with Crippen LogP contribution in [0.1, 0.15) is 55.9 Å². The number of benzene rings is 1. The van der Waals surface area contributed by atoms with Gasteiger partial charge in [0.2, 0.25) is 0 Å². The second kappa shape index (κ2) is 9.66. The van der Waals surface area contributed by atoms with E-state index in [1.54, 1.807) is 32.2 Å². The standard InChI is InChI=1S/C25H26FN4.Al/c1-5-29-24(22-14-20(26)10-9-18(22)2)30-13-7-6-8-21-19(15-28-16-23(21)30)11-12-25(3,4)17-27;/h5,9-10,14-16H,6-8,13H2,1-4H3;/b29-24+;. The monoisotopic (exact) mass is 428 g/mol. The molecule has 1 aromatic heterocycles. The van der Waals surface area contributed by atoms with Crippen LogP contribution in [-0.2, 0) is 6.42 Å². The van der Waals surface area contributed by atoms with Crippen molar-refractivity contribution in [1.29, 1.82) is 5.26 Å². The van der Waals surface area contributed by atoms with E-state index >= 15 is 0 Å². The summed E-state index contributed by atoms with van der Waals surface area (Å²) in [6.07, 6.45) is 6.47. The Morgan fingerprint density at radius 1 is 1.32 bits per heavy atom. The molecule has 31 heavy (non-hydrogen) atoms. The lowest BCUT2D eigenvalue weighted by Gasteiger charge is -2.28. The molecule has 1 aromatic carbocycles. The van der Waals surface area contributed by atoms with Gasteiger partial charge in [-0.2, -0.15) is 5.26 Å². The molecule has 0 spiro atoms. The highest BCUT2D eigenvalue weighted by Crippen LogP contribution is 2.31. The maximum atomic E-state index is 14.2. The van der Waals surface area contributed by atoms with Crippen molar-refractivity contribution in [3.05, 3.63) is 58.7 Å². The third-order valence-corrected chi connectivity index (χ3v) is 5.34. The molecular formula is C25H26AlFN4. The van der Waals surface area contributed by atoms with Gasteiger partial charge in [-0.05, 0) is 68.2 Å². The summed E-state index contributed by atoms with van der Waals surface area (Å²) in [7, 11) is 0. The van der Waals surface area contributed by atoms with Crippen molar-refractivity contribution in [2.75, 3.05) is 11.4 Å². The fraction of sp³-hybridized carbons (Fsp3) is 0.400. The molecule has 0 saturated heterocycles. The van der Waals surface area contributed by atoms with Crippen molar-refractivity contribution in [3.8, 4) is 17.9 Å². The number of fused-ring (bicyclic) bond motifs is 1. The number of aryl methyl sites for hydroxylation is 1. The number of aromatic nitrogens is 1. The third kappa shape index (κ3) is 5.54. The summed E-state index contributed by atoms with van der Waals surface area (Å²) in [4.78, 5) is 11.4. The minimum Gasteiger partial charge on any atom is -0.325 e. The predicted molar refractivity (Wildman–Crippen MR) is 124 cm³/mol. The summed E-state index contributed by atoms with van der Waals surface area (Å²) in [6, 6.07) is 7.04. The average molecular weight is 428 g/mol. The average Bonchev–Trinajstić information content (AvgIpc) is 2.95. The number of amidine groups is 1. The molecule has 156 valence electrons. The lowest BCUT2D eigenvalue weighted by Crippen LogP contribution is -2.34. The number of hydrogen-bond donors (Lipinski definition) is 0. The zero-order chi connectivity index (χ0) is 22.6. The van der Waals surface area contributed by atoms with Crippen molar-refractivity contribution in [2.45, 2.75) is 51.9 Å². The SMILES string of the molecule is Cc1ccc(F)cc1/C(=N\[CH](C)[Al])N1CCCCc2c(C#CC(C)(C)C#N)cncc21. The van der Waals surface area contributed by atoms with Crippen molar-refractivity contribution >= 4 is 27.8 Å². The topological polar surface area (TPSA) is 52.3 Å². The Labute approximate surface area is 192 Å². The molecule has 2 radical (unpaired) electrons. The largest absolute Gasteiger partial charge is 0.325 e. The summed E-state index contributed by atoms with van der Waals surface area (Å²) in [5, 5.41) is 9.30. The summed E-state index contributed by atoms with van der Waals surface area (Å²) in [5.41, 5.74) is 3.91. The van der Waals surface area contributed by atoms with Gasteiger partial charge in [-0.3, -0.25) is 9.98 Å². The first-order valence-electron chi connectivity index (χ1n) is 10.5. The minimum atomic E-state index is -0.729. The first kappa shape index (κ1) is 23.0. The number of hydrogen-bond acceptors (Lipinski definition) is 3. The number of anilines is 1. The highest BCUT2D eigenvalue weighted by molar-refractivity contribution is 6.16. The van der Waals surface area contributed by atoms with Gasteiger partial charge in [0.05, 0.1) is 18.0 Å². The van der Waals surface area contributed by atoms with E-state index in [0.717, 1.165) is 59.6 Å². The van der Waals surface area contributed by atoms with Crippen molar-refractivity contribution in [3.63, 3.8) is 0 Å². The molecule has 0 aliphatic carbocycles. The Balaban J connectivity index is 2.18. The normalized spacial score (nSPS) is 15.2. The molecule has 2 heterocycles. The van der Waals surface area contributed by atoms with Gasteiger partial charge in [0.1, 0.15) is 17.1 Å². The molecule has 0 bridgehead atoms. The summed E-state index contributed by atoms with van der Waals surface area (Å²) in [6.45, 7) is 8.34.